The lowest BCUT2D eigenvalue weighted by atomic mass is 10.2. The number of anilines is 2. The van der Waals surface area contributed by atoms with Crippen molar-refractivity contribution in [1.82, 2.24) is 0 Å². The minimum Gasteiger partial charge on any atom is -0.320 e. The molecule has 1 aliphatic rings. The fraction of sp³-hybridized carbons (Fsp3) is 0.176. The Morgan fingerprint density at radius 1 is 1.09 bits per heavy atom. The van der Waals surface area contributed by atoms with E-state index in [0.717, 1.165) is 15.7 Å². The van der Waals surface area contributed by atoms with Crippen molar-refractivity contribution in [3.63, 3.8) is 0 Å². The van der Waals surface area contributed by atoms with E-state index in [1.165, 1.54) is 0 Å². The molecule has 0 saturated carbocycles. The molecule has 0 aromatic heterocycles. The molecule has 22 heavy (non-hydrogen) atoms. The van der Waals surface area contributed by atoms with E-state index in [2.05, 4.69) is 27.9 Å². The van der Waals surface area contributed by atoms with Gasteiger partial charge in [0.25, 0.3) is 5.91 Å². The molecule has 4 nitrogen and oxygen atoms in total. The third kappa shape index (κ3) is 2.99. The molecule has 2 aromatic rings. The molecule has 2 aromatic carbocycles. The van der Waals surface area contributed by atoms with Crippen molar-refractivity contribution in [2.75, 3.05) is 16.8 Å². The lowest BCUT2D eigenvalue weighted by Crippen LogP contribution is -2.25. The van der Waals surface area contributed by atoms with Gasteiger partial charge >= 0.3 is 0 Å². The first kappa shape index (κ1) is 15.0. The smallest absolute Gasteiger partial charge is 0.256 e. The van der Waals surface area contributed by atoms with Gasteiger partial charge in [-0.15, -0.1) is 0 Å². The Balaban J connectivity index is 1.88. The standard InChI is InChI=1S/C17H15IN2O2/c18-13-7-2-1-6-12(13)17(22)19-14-8-3-4-9-15(14)20-11-5-10-16(20)21/h1-4,6-9H,5,10-11H2,(H,19,22). The monoisotopic (exact) mass is 406 g/mol. The maximum absolute atomic E-state index is 12.5. The van der Waals surface area contributed by atoms with Gasteiger partial charge in [-0.05, 0) is 53.3 Å². The summed E-state index contributed by atoms with van der Waals surface area (Å²) in [6.45, 7) is 0.703. The Bertz CT molecular complexity index is 730. The summed E-state index contributed by atoms with van der Waals surface area (Å²) in [7, 11) is 0. The summed E-state index contributed by atoms with van der Waals surface area (Å²) in [5, 5.41) is 2.93. The maximum Gasteiger partial charge on any atom is 0.256 e. The highest BCUT2D eigenvalue weighted by Crippen LogP contribution is 2.29. The van der Waals surface area contributed by atoms with E-state index < -0.39 is 0 Å². The molecule has 1 aliphatic heterocycles. The molecule has 1 fully saturated rings. The van der Waals surface area contributed by atoms with Crippen LogP contribution in [0.1, 0.15) is 23.2 Å². The van der Waals surface area contributed by atoms with Crippen LogP contribution < -0.4 is 10.2 Å². The van der Waals surface area contributed by atoms with Crippen LogP contribution >= 0.6 is 22.6 Å². The summed E-state index contributed by atoms with van der Waals surface area (Å²) >= 11 is 2.14. The van der Waals surface area contributed by atoms with E-state index in [0.29, 0.717) is 24.2 Å². The first-order chi connectivity index (χ1) is 10.7. The van der Waals surface area contributed by atoms with Gasteiger partial charge in [-0.25, -0.2) is 0 Å². The fourth-order valence-electron chi connectivity index (χ4n) is 2.55. The van der Waals surface area contributed by atoms with Crippen LogP contribution in [0, 0.1) is 3.57 Å². The second-order valence-electron chi connectivity index (χ2n) is 5.10. The Hall–Kier alpha value is -1.89. The van der Waals surface area contributed by atoms with E-state index in [1.807, 2.05) is 42.5 Å². The van der Waals surface area contributed by atoms with Gasteiger partial charge in [0.1, 0.15) is 0 Å². The molecule has 2 amide bonds. The Morgan fingerprint density at radius 3 is 2.55 bits per heavy atom. The minimum absolute atomic E-state index is 0.107. The van der Waals surface area contributed by atoms with E-state index in [9.17, 15) is 9.59 Å². The predicted octanol–water partition coefficient (Wildman–Crippen LogP) is 3.67. The number of carbonyl (C=O) groups is 2. The second-order valence-corrected chi connectivity index (χ2v) is 6.26. The molecule has 0 radical (unpaired) electrons. The molecule has 0 unspecified atom stereocenters. The minimum atomic E-state index is -0.163. The van der Waals surface area contributed by atoms with Gasteiger partial charge in [0.05, 0.1) is 16.9 Å². The summed E-state index contributed by atoms with van der Waals surface area (Å²) in [6, 6.07) is 14.9. The van der Waals surface area contributed by atoms with Gasteiger partial charge in [0.2, 0.25) is 5.91 Å². The Kier molecular flexibility index (Phi) is 4.42. The number of halogens is 1. The number of carbonyl (C=O) groups excluding carboxylic acids is 2. The van der Waals surface area contributed by atoms with Crippen LogP contribution in [-0.2, 0) is 4.79 Å². The average Bonchev–Trinajstić information content (AvgIpc) is 2.94. The van der Waals surface area contributed by atoms with Crippen molar-refractivity contribution < 1.29 is 9.59 Å². The molecule has 0 aliphatic carbocycles. The number of nitrogens with one attached hydrogen (secondary N) is 1. The van der Waals surface area contributed by atoms with E-state index in [4.69, 9.17) is 0 Å². The van der Waals surface area contributed by atoms with E-state index in [1.54, 1.807) is 11.0 Å². The zero-order valence-corrected chi connectivity index (χ0v) is 14.0. The largest absolute Gasteiger partial charge is 0.320 e. The van der Waals surface area contributed by atoms with Crippen LogP contribution in [0.3, 0.4) is 0 Å². The van der Waals surface area contributed by atoms with E-state index in [-0.39, 0.29) is 11.8 Å². The summed E-state index contributed by atoms with van der Waals surface area (Å²) in [6.07, 6.45) is 1.43. The zero-order valence-electron chi connectivity index (χ0n) is 11.9. The van der Waals surface area contributed by atoms with Gasteiger partial charge in [-0.1, -0.05) is 24.3 Å². The van der Waals surface area contributed by atoms with Crippen LogP contribution in [0.25, 0.3) is 0 Å². The highest BCUT2D eigenvalue weighted by Gasteiger charge is 2.24. The highest BCUT2D eigenvalue weighted by molar-refractivity contribution is 14.1. The molecule has 0 atom stereocenters. The number of hydrogen-bond donors (Lipinski definition) is 1. The predicted molar refractivity (Wildman–Crippen MR) is 95.1 cm³/mol. The molecule has 112 valence electrons. The number of rotatable bonds is 3. The summed E-state index contributed by atoms with van der Waals surface area (Å²) in [4.78, 5) is 26.2. The fourth-order valence-corrected chi connectivity index (χ4v) is 3.18. The molecule has 1 saturated heterocycles. The average molecular weight is 406 g/mol. The number of amides is 2. The van der Waals surface area contributed by atoms with Crippen molar-refractivity contribution in [2.45, 2.75) is 12.8 Å². The van der Waals surface area contributed by atoms with Crippen molar-refractivity contribution in [3.8, 4) is 0 Å². The maximum atomic E-state index is 12.5. The lowest BCUT2D eigenvalue weighted by Gasteiger charge is -2.20. The molecule has 0 spiro atoms. The quantitative estimate of drug-likeness (QED) is 0.791. The number of nitrogens with zero attached hydrogens (tertiary/aromatic N) is 1. The molecular weight excluding hydrogens is 391 g/mol. The van der Waals surface area contributed by atoms with Crippen molar-refractivity contribution in [2.24, 2.45) is 0 Å². The first-order valence-corrected chi connectivity index (χ1v) is 8.20. The molecule has 1 N–H and O–H groups in total. The van der Waals surface area contributed by atoms with Crippen molar-refractivity contribution >= 4 is 45.8 Å². The first-order valence-electron chi connectivity index (χ1n) is 7.12. The van der Waals surface area contributed by atoms with Crippen LogP contribution in [0.5, 0.6) is 0 Å². The van der Waals surface area contributed by atoms with Gasteiger partial charge < -0.3 is 10.2 Å². The molecule has 1 heterocycles. The van der Waals surface area contributed by atoms with Gasteiger partial charge in [0, 0.05) is 16.5 Å². The molecule has 3 rings (SSSR count). The van der Waals surface area contributed by atoms with E-state index >= 15 is 0 Å². The third-order valence-electron chi connectivity index (χ3n) is 3.63. The third-order valence-corrected chi connectivity index (χ3v) is 4.58. The zero-order chi connectivity index (χ0) is 15.5. The summed E-state index contributed by atoms with van der Waals surface area (Å²) in [5.41, 5.74) is 2.07. The topological polar surface area (TPSA) is 49.4 Å². The number of hydrogen-bond acceptors (Lipinski definition) is 2. The number of para-hydroxylation sites is 2. The lowest BCUT2D eigenvalue weighted by molar-refractivity contribution is -0.117. The van der Waals surface area contributed by atoms with Crippen LogP contribution in [0.4, 0.5) is 11.4 Å². The van der Waals surface area contributed by atoms with Crippen molar-refractivity contribution in [3.05, 3.63) is 57.7 Å². The van der Waals surface area contributed by atoms with Crippen LogP contribution in [0.2, 0.25) is 0 Å². The van der Waals surface area contributed by atoms with Gasteiger partial charge in [-0.2, -0.15) is 0 Å². The highest BCUT2D eigenvalue weighted by atomic mass is 127. The van der Waals surface area contributed by atoms with Crippen molar-refractivity contribution in [1.29, 1.82) is 0 Å². The SMILES string of the molecule is O=C(Nc1ccccc1N1CCCC1=O)c1ccccc1I. The summed E-state index contributed by atoms with van der Waals surface area (Å²) < 4.78 is 0.896. The van der Waals surface area contributed by atoms with Crippen LogP contribution in [-0.4, -0.2) is 18.4 Å². The molecule has 5 heteroatoms. The Morgan fingerprint density at radius 2 is 1.82 bits per heavy atom. The normalized spacial score (nSPS) is 14.2. The Labute approximate surface area is 142 Å². The van der Waals surface area contributed by atoms with Gasteiger partial charge in [0.15, 0.2) is 0 Å². The summed E-state index contributed by atoms with van der Waals surface area (Å²) in [5.74, 6) is -0.0555. The van der Waals surface area contributed by atoms with Crippen LogP contribution in [0.15, 0.2) is 48.5 Å². The molecular formula is C17H15IN2O2. The van der Waals surface area contributed by atoms with Gasteiger partial charge in [-0.3, -0.25) is 9.59 Å². The number of benzene rings is 2. The molecule has 0 bridgehead atoms. The second kappa shape index (κ2) is 6.48.